The van der Waals surface area contributed by atoms with Crippen LogP contribution in [-0.4, -0.2) is 51.7 Å². The van der Waals surface area contributed by atoms with Crippen LogP contribution < -0.4 is 10.2 Å². The summed E-state index contributed by atoms with van der Waals surface area (Å²) in [7, 11) is 0. The number of rotatable bonds is 7. The molecule has 0 aromatic heterocycles. The van der Waals surface area contributed by atoms with Crippen molar-refractivity contribution in [1.29, 1.82) is 0 Å². The molecule has 0 atom stereocenters. The molecule has 0 saturated carbocycles. The van der Waals surface area contributed by atoms with Crippen molar-refractivity contribution >= 4 is 74.3 Å². The highest BCUT2D eigenvalue weighted by Gasteiger charge is 2.33. The maximum atomic E-state index is 12.5. The summed E-state index contributed by atoms with van der Waals surface area (Å²) in [5, 5.41) is 15.2. The lowest BCUT2D eigenvalue weighted by atomic mass is 10.1. The third-order valence-corrected chi connectivity index (χ3v) is 7.92. The number of allylic oxidation sites excluding steroid dienone is 4. The predicted molar refractivity (Wildman–Crippen MR) is 145 cm³/mol. The first kappa shape index (κ1) is 25.0. The Hall–Kier alpha value is -3.08. The number of nitrogens with zero attached hydrogens (tertiary/aromatic N) is 2. The van der Waals surface area contributed by atoms with E-state index in [9.17, 15) is 14.4 Å². The van der Waals surface area contributed by atoms with Gasteiger partial charge in [0.05, 0.1) is 15.6 Å². The van der Waals surface area contributed by atoms with Gasteiger partial charge in [0.15, 0.2) is 0 Å². The minimum atomic E-state index is -1.11. The van der Waals surface area contributed by atoms with Crippen molar-refractivity contribution in [2.45, 2.75) is 18.7 Å². The molecule has 0 unspecified atom stereocenters. The van der Waals surface area contributed by atoms with E-state index in [2.05, 4.69) is 34.5 Å². The third-order valence-electron chi connectivity index (χ3n) is 5.35. The molecule has 180 valence electrons. The van der Waals surface area contributed by atoms with Crippen LogP contribution in [0.2, 0.25) is 0 Å². The van der Waals surface area contributed by atoms with Gasteiger partial charge in [-0.25, -0.2) is 0 Å². The summed E-state index contributed by atoms with van der Waals surface area (Å²) in [6.45, 7) is 4.06. The Labute approximate surface area is 216 Å². The lowest BCUT2D eigenvalue weighted by Crippen LogP contribution is -2.33. The molecular weight excluding hydrogens is 502 g/mol. The van der Waals surface area contributed by atoms with Gasteiger partial charge in [-0.15, -0.1) is 0 Å². The smallest absolute Gasteiger partial charge is 0.323 e. The number of carbonyl (C=O) groups excluding carboxylic acids is 2. The van der Waals surface area contributed by atoms with E-state index in [-0.39, 0.29) is 10.2 Å². The van der Waals surface area contributed by atoms with E-state index in [1.165, 1.54) is 12.3 Å². The quantitative estimate of drug-likeness (QED) is 0.403. The van der Waals surface area contributed by atoms with Crippen LogP contribution in [0.5, 0.6) is 0 Å². The largest absolute Gasteiger partial charge is 0.480 e. The predicted octanol–water partition coefficient (Wildman–Crippen LogP) is 4.50. The van der Waals surface area contributed by atoms with Crippen molar-refractivity contribution in [2.24, 2.45) is 0 Å². The topological polar surface area (TPSA) is 90.0 Å². The Balaban J connectivity index is 1.61. The summed E-state index contributed by atoms with van der Waals surface area (Å²) in [6, 6.07) is 12.4. The standard InChI is InChI=1S/C25H23N3O4S3/c1-15(13-20-24(32)28(14-22(30)31)25(33)34-20)7-10-21-27(12-11-26-16(2)29)19-9-8-17-5-3-4-6-18(17)23(19)35-21/h3-10,13H,11-12,14H2,1-2H3,(H,26,29)(H,30,31)/b15-7+,20-13+,21-10-. The highest BCUT2D eigenvalue weighted by atomic mass is 32.2. The Morgan fingerprint density at radius 1 is 1.11 bits per heavy atom. The molecule has 2 aromatic rings. The fourth-order valence-electron chi connectivity index (χ4n) is 3.76. The van der Waals surface area contributed by atoms with Crippen LogP contribution in [0.4, 0.5) is 5.69 Å². The molecule has 1 saturated heterocycles. The average Bonchev–Trinajstić information content (AvgIpc) is 3.29. The number of nitrogens with one attached hydrogen (secondary N) is 1. The van der Waals surface area contributed by atoms with Crippen LogP contribution in [0.1, 0.15) is 13.8 Å². The molecule has 0 spiro atoms. The lowest BCUT2D eigenvalue weighted by molar-refractivity contribution is -0.140. The van der Waals surface area contributed by atoms with Crippen LogP contribution in [0.3, 0.4) is 0 Å². The molecule has 1 fully saturated rings. The zero-order valence-corrected chi connectivity index (χ0v) is 21.6. The molecule has 2 amide bonds. The monoisotopic (exact) mass is 525 g/mol. The van der Waals surface area contributed by atoms with Crippen molar-refractivity contribution < 1.29 is 19.5 Å². The maximum absolute atomic E-state index is 12.5. The molecule has 35 heavy (non-hydrogen) atoms. The van der Waals surface area contributed by atoms with E-state index >= 15 is 0 Å². The third kappa shape index (κ3) is 5.61. The van der Waals surface area contributed by atoms with Crippen LogP contribution >= 0.6 is 35.7 Å². The summed E-state index contributed by atoms with van der Waals surface area (Å²) in [6.07, 6.45) is 5.64. The number of thioether (sulfide) groups is 2. The van der Waals surface area contributed by atoms with Gasteiger partial charge in [-0.1, -0.05) is 72.1 Å². The normalized spacial score (nSPS) is 18.2. The molecule has 2 N–H and O–H groups in total. The van der Waals surface area contributed by atoms with E-state index in [1.54, 1.807) is 17.8 Å². The first-order valence-corrected chi connectivity index (χ1v) is 12.9. The lowest BCUT2D eigenvalue weighted by Gasteiger charge is -2.20. The maximum Gasteiger partial charge on any atom is 0.323 e. The van der Waals surface area contributed by atoms with Crippen molar-refractivity contribution in [3.63, 3.8) is 0 Å². The fraction of sp³-hybridized carbons (Fsp3) is 0.200. The van der Waals surface area contributed by atoms with Crippen molar-refractivity contribution in [3.05, 3.63) is 70.1 Å². The number of hydrogen-bond acceptors (Lipinski definition) is 7. The molecule has 0 aliphatic carbocycles. The number of aliphatic carboxylic acids is 1. The Morgan fingerprint density at radius 3 is 2.63 bits per heavy atom. The fourth-order valence-corrected chi connectivity index (χ4v) is 6.29. The molecule has 0 bridgehead atoms. The van der Waals surface area contributed by atoms with Crippen LogP contribution in [0, 0.1) is 0 Å². The zero-order chi connectivity index (χ0) is 25.1. The van der Waals surface area contributed by atoms with Crippen molar-refractivity contribution in [1.82, 2.24) is 10.2 Å². The van der Waals surface area contributed by atoms with E-state index in [1.807, 2.05) is 31.2 Å². The van der Waals surface area contributed by atoms with E-state index in [4.69, 9.17) is 17.3 Å². The van der Waals surface area contributed by atoms with Gasteiger partial charge >= 0.3 is 5.97 Å². The van der Waals surface area contributed by atoms with Crippen LogP contribution in [0.25, 0.3) is 10.8 Å². The summed E-state index contributed by atoms with van der Waals surface area (Å²) in [4.78, 5) is 39.8. The van der Waals surface area contributed by atoms with Crippen LogP contribution in [-0.2, 0) is 14.4 Å². The molecule has 2 heterocycles. The minimum Gasteiger partial charge on any atom is -0.480 e. The van der Waals surface area contributed by atoms with Crippen LogP contribution in [0.15, 0.2) is 75.0 Å². The number of amides is 2. The SMILES string of the molecule is CC(=O)NCCN1/C(=C/C=C(C)/C=C2/SC(=S)N(CC(=O)O)C2=O)Sc2c1ccc1ccccc21. The Bertz CT molecular complexity index is 1330. The van der Waals surface area contributed by atoms with E-state index in [0.717, 1.165) is 43.2 Å². The molecule has 2 aliphatic heterocycles. The molecule has 10 heteroatoms. The molecule has 7 nitrogen and oxygen atoms in total. The van der Waals surface area contributed by atoms with E-state index < -0.39 is 18.4 Å². The van der Waals surface area contributed by atoms with E-state index in [0.29, 0.717) is 18.0 Å². The Morgan fingerprint density at radius 2 is 1.89 bits per heavy atom. The van der Waals surface area contributed by atoms with Gasteiger partial charge in [-0.2, -0.15) is 0 Å². The van der Waals surface area contributed by atoms with Gasteiger partial charge in [-0.05, 0) is 41.5 Å². The first-order valence-electron chi connectivity index (χ1n) is 10.8. The first-order chi connectivity index (χ1) is 16.7. The number of fused-ring (bicyclic) bond motifs is 3. The Kier molecular flexibility index (Phi) is 7.63. The van der Waals surface area contributed by atoms with Gasteiger partial charge in [0.2, 0.25) is 5.91 Å². The van der Waals surface area contributed by atoms with Gasteiger partial charge < -0.3 is 15.3 Å². The molecular formula is C25H23N3O4S3. The number of thiocarbonyl (C=S) groups is 1. The number of carbonyl (C=O) groups is 3. The number of carboxylic acids is 1. The van der Waals surface area contributed by atoms with Gasteiger partial charge in [0.25, 0.3) is 5.91 Å². The van der Waals surface area contributed by atoms with Gasteiger partial charge in [0.1, 0.15) is 10.9 Å². The number of benzene rings is 2. The average molecular weight is 526 g/mol. The second-order valence-corrected chi connectivity index (χ2v) is 10.7. The van der Waals surface area contributed by atoms with Crippen molar-refractivity contribution in [3.8, 4) is 0 Å². The number of anilines is 1. The summed E-state index contributed by atoms with van der Waals surface area (Å²) in [5.74, 6) is -1.57. The summed E-state index contributed by atoms with van der Waals surface area (Å²) >= 11 is 7.94. The number of carboxylic acid groups (broad SMARTS) is 1. The molecule has 2 aromatic carbocycles. The zero-order valence-electron chi connectivity index (χ0n) is 19.1. The highest BCUT2D eigenvalue weighted by molar-refractivity contribution is 8.26. The second kappa shape index (κ2) is 10.7. The van der Waals surface area contributed by atoms with Gasteiger partial charge in [-0.3, -0.25) is 19.3 Å². The molecule has 0 radical (unpaired) electrons. The van der Waals surface area contributed by atoms with Gasteiger partial charge in [0, 0.05) is 24.9 Å². The summed E-state index contributed by atoms with van der Waals surface area (Å²) in [5.41, 5.74) is 1.92. The number of hydrogen-bond donors (Lipinski definition) is 2. The highest BCUT2D eigenvalue weighted by Crippen LogP contribution is 2.49. The summed E-state index contributed by atoms with van der Waals surface area (Å²) < 4.78 is 0.243. The minimum absolute atomic E-state index is 0.0722. The van der Waals surface area contributed by atoms with Crippen molar-refractivity contribution in [2.75, 3.05) is 24.5 Å². The second-order valence-electron chi connectivity index (χ2n) is 7.95. The molecule has 2 aliphatic rings. The molecule has 4 rings (SSSR count).